The van der Waals surface area contributed by atoms with Gasteiger partial charge < -0.3 is 16.0 Å². The summed E-state index contributed by atoms with van der Waals surface area (Å²) in [6.45, 7) is 6.21. The first kappa shape index (κ1) is 20.3. The van der Waals surface area contributed by atoms with Gasteiger partial charge in [-0.2, -0.15) is 0 Å². The Morgan fingerprint density at radius 3 is 2.73 bits per heavy atom. The first-order valence-electron chi connectivity index (χ1n) is 9.93. The smallest absolute Gasteiger partial charge is 0.225 e. The number of nitrogens with zero attached hydrogens (tertiary/aromatic N) is 1. The van der Waals surface area contributed by atoms with Crippen molar-refractivity contribution in [2.45, 2.75) is 58.3 Å². The van der Waals surface area contributed by atoms with Gasteiger partial charge in [-0.25, -0.2) is 0 Å². The topological polar surface area (TPSA) is 65.5 Å². The molecule has 1 aromatic carbocycles. The van der Waals surface area contributed by atoms with Crippen LogP contribution >= 0.6 is 0 Å². The maximum absolute atomic E-state index is 11.9. The number of hydrogen-bond acceptors (Lipinski definition) is 2. The maximum atomic E-state index is 11.9. The highest BCUT2D eigenvalue weighted by Crippen LogP contribution is 2.31. The third-order valence-corrected chi connectivity index (χ3v) is 4.85. The number of anilines is 1. The maximum Gasteiger partial charge on any atom is 0.225 e. The van der Waals surface area contributed by atoms with Gasteiger partial charge in [-0.15, -0.1) is 0 Å². The van der Waals surface area contributed by atoms with Crippen molar-refractivity contribution in [2.24, 2.45) is 10.9 Å². The van der Waals surface area contributed by atoms with Crippen LogP contribution in [0.25, 0.3) is 0 Å². The van der Waals surface area contributed by atoms with E-state index in [0.29, 0.717) is 13.0 Å². The van der Waals surface area contributed by atoms with Crippen LogP contribution in [0.4, 0.5) is 5.69 Å². The molecule has 1 atom stereocenters. The minimum absolute atomic E-state index is 0.0832. The van der Waals surface area contributed by atoms with Gasteiger partial charge in [-0.3, -0.25) is 9.79 Å². The van der Waals surface area contributed by atoms with Crippen molar-refractivity contribution in [2.75, 3.05) is 25.5 Å². The molecule has 5 heteroatoms. The van der Waals surface area contributed by atoms with E-state index < -0.39 is 0 Å². The van der Waals surface area contributed by atoms with Gasteiger partial charge in [0, 0.05) is 38.2 Å². The summed E-state index contributed by atoms with van der Waals surface area (Å²) in [5, 5.41) is 9.70. The lowest BCUT2D eigenvalue weighted by Gasteiger charge is -2.26. The molecule has 0 spiro atoms. The second kappa shape index (κ2) is 10.8. The van der Waals surface area contributed by atoms with Crippen molar-refractivity contribution >= 4 is 17.6 Å². The zero-order valence-electron chi connectivity index (χ0n) is 16.5. The van der Waals surface area contributed by atoms with E-state index in [1.807, 2.05) is 18.2 Å². The number of benzene rings is 1. The molecule has 1 amide bonds. The monoisotopic (exact) mass is 358 g/mol. The third kappa shape index (κ3) is 6.70. The number of carbonyl (C=O) groups is 1. The van der Waals surface area contributed by atoms with E-state index >= 15 is 0 Å². The summed E-state index contributed by atoms with van der Waals surface area (Å²) in [6.07, 6.45) is 6.89. The molecular formula is C21H34N4O. The second-order valence-corrected chi connectivity index (χ2v) is 7.51. The van der Waals surface area contributed by atoms with Crippen LogP contribution in [0.2, 0.25) is 0 Å². The van der Waals surface area contributed by atoms with Crippen molar-refractivity contribution in [3.8, 4) is 0 Å². The van der Waals surface area contributed by atoms with E-state index in [1.165, 1.54) is 31.2 Å². The standard InChI is InChI=1S/C21H34N4O/c1-16(2)10-6-4-5-9-13-23-21(22-3)24-15-17-14-20(26)25-19-12-8-7-11-18(17)19/h7-8,11-12,16-17H,4-6,9-10,13-15H2,1-3H3,(H,25,26)(H2,22,23,24). The molecule has 2 rings (SSSR count). The van der Waals surface area contributed by atoms with Crippen LogP contribution in [0, 0.1) is 5.92 Å². The number of hydrogen-bond donors (Lipinski definition) is 3. The summed E-state index contributed by atoms with van der Waals surface area (Å²) >= 11 is 0. The van der Waals surface area contributed by atoms with Crippen LogP contribution in [0.15, 0.2) is 29.3 Å². The molecule has 0 aromatic heterocycles. The van der Waals surface area contributed by atoms with Crippen molar-refractivity contribution in [3.05, 3.63) is 29.8 Å². The molecule has 0 saturated heterocycles. The molecule has 3 N–H and O–H groups in total. The highest BCUT2D eigenvalue weighted by molar-refractivity contribution is 5.94. The number of rotatable bonds is 9. The molecule has 1 heterocycles. The fourth-order valence-corrected chi connectivity index (χ4v) is 3.36. The van der Waals surface area contributed by atoms with Crippen molar-refractivity contribution in [1.29, 1.82) is 0 Å². The third-order valence-electron chi connectivity index (χ3n) is 4.85. The summed E-state index contributed by atoms with van der Waals surface area (Å²) in [6, 6.07) is 8.03. The van der Waals surface area contributed by atoms with E-state index in [-0.39, 0.29) is 11.8 Å². The Labute approximate surface area is 158 Å². The second-order valence-electron chi connectivity index (χ2n) is 7.51. The van der Waals surface area contributed by atoms with Gasteiger partial charge >= 0.3 is 0 Å². The van der Waals surface area contributed by atoms with Crippen LogP contribution in [0.3, 0.4) is 0 Å². The van der Waals surface area contributed by atoms with Gasteiger partial charge in [-0.05, 0) is 24.0 Å². The van der Waals surface area contributed by atoms with E-state index in [9.17, 15) is 4.79 Å². The van der Waals surface area contributed by atoms with Gasteiger partial charge in [0.1, 0.15) is 0 Å². The Bertz CT molecular complexity index is 597. The molecule has 1 unspecified atom stereocenters. The fourth-order valence-electron chi connectivity index (χ4n) is 3.36. The molecule has 0 saturated carbocycles. The average molecular weight is 359 g/mol. The number of guanidine groups is 1. The molecule has 0 bridgehead atoms. The summed E-state index contributed by atoms with van der Waals surface area (Å²) in [5.41, 5.74) is 2.13. The first-order chi connectivity index (χ1) is 12.6. The number of para-hydroxylation sites is 1. The van der Waals surface area contributed by atoms with Gasteiger partial charge in [0.05, 0.1) is 0 Å². The average Bonchev–Trinajstić information content (AvgIpc) is 2.62. The molecule has 0 aliphatic carbocycles. The molecule has 1 aliphatic heterocycles. The molecule has 5 nitrogen and oxygen atoms in total. The molecular weight excluding hydrogens is 324 g/mol. The summed E-state index contributed by atoms with van der Waals surface area (Å²) < 4.78 is 0. The lowest BCUT2D eigenvalue weighted by Crippen LogP contribution is -2.41. The minimum Gasteiger partial charge on any atom is -0.356 e. The molecule has 0 radical (unpaired) electrons. The number of aliphatic imine (C=N–C) groups is 1. The summed E-state index contributed by atoms with van der Waals surface area (Å²) in [5.74, 6) is 1.88. The van der Waals surface area contributed by atoms with E-state index in [1.54, 1.807) is 7.05 Å². The Morgan fingerprint density at radius 2 is 1.96 bits per heavy atom. The van der Waals surface area contributed by atoms with Crippen LogP contribution in [0.5, 0.6) is 0 Å². The summed E-state index contributed by atoms with van der Waals surface area (Å²) in [7, 11) is 1.79. The lowest BCUT2D eigenvalue weighted by atomic mass is 9.90. The normalized spacial score (nSPS) is 17.0. The van der Waals surface area contributed by atoms with Crippen LogP contribution in [0.1, 0.15) is 63.9 Å². The number of nitrogens with one attached hydrogen (secondary N) is 3. The predicted molar refractivity (Wildman–Crippen MR) is 110 cm³/mol. The zero-order valence-corrected chi connectivity index (χ0v) is 16.5. The highest BCUT2D eigenvalue weighted by Gasteiger charge is 2.24. The molecule has 26 heavy (non-hydrogen) atoms. The molecule has 1 aliphatic rings. The fraction of sp³-hybridized carbons (Fsp3) is 0.619. The van der Waals surface area contributed by atoms with Crippen molar-refractivity contribution < 1.29 is 4.79 Å². The van der Waals surface area contributed by atoms with E-state index in [2.05, 4.69) is 40.9 Å². The SMILES string of the molecule is CN=C(NCCCCCCC(C)C)NCC1CC(=O)Nc2ccccc21. The Hall–Kier alpha value is -2.04. The number of carbonyl (C=O) groups excluding carboxylic acids is 1. The largest absolute Gasteiger partial charge is 0.356 e. The van der Waals surface area contributed by atoms with Crippen LogP contribution in [-0.2, 0) is 4.79 Å². The van der Waals surface area contributed by atoms with Crippen molar-refractivity contribution in [3.63, 3.8) is 0 Å². The Kier molecular flexibility index (Phi) is 8.45. The van der Waals surface area contributed by atoms with Crippen LogP contribution < -0.4 is 16.0 Å². The minimum atomic E-state index is 0.0832. The number of fused-ring (bicyclic) bond motifs is 1. The van der Waals surface area contributed by atoms with Crippen LogP contribution in [-0.4, -0.2) is 32.0 Å². The number of unbranched alkanes of at least 4 members (excludes halogenated alkanes) is 3. The quantitative estimate of drug-likeness (QED) is 0.356. The molecule has 0 fully saturated rings. The highest BCUT2D eigenvalue weighted by atomic mass is 16.1. The van der Waals surface area contributed by atoms with E-state index in [0.717, 1.165) is 30.5 Å². The first-order valence-corrected chi connectivity index (χ1v) is 9.93. The Morgan fingerprint density at radius 1 is 1.19 bits per heavy atom. The van der Waals surface area contributed by atoms with Gasteiger partial charge in [0.15, 0.2) is 5.96 Å². The van der Waals surface area contributed by atoms with Gasteiger partial charge in [0.25, 0.3) is 0 Å². The lowest BCUT2D eigenvalue weighted by molar-refractivity contribution is -0.116. The van der Waals surface area contributed by atoms with Gasteiger partial charge in [-0.1, -0.05) is 57.7 Å². The number of amides is 1. The van der Waals surface area contributed by atoms with Crippen molar-refractivity contribution in [1.82, 2.24) is 10.6 Å². The molecule has 1 aromatic rings. The summed E-state index contributed by atoms with van der Waals surface area (Å²) in [4.78, 5) is 16.2. The van der Waals surface area contributed by atoms with Gasteiger partial charge in [0.2, 0.25) is 5.91 Å². The predicted octanol–water partition coefficient (Wildman–Crippen LogP) is 3.88. The Balaban J connectivity index is 1.70. The zero-order chi connectivity index (χ0) is 18.8. The van der Waals surface area contributed by atoms with E-state index in [4.69, 9.17) is 0 Å². The molecule has 144 valence electrons.